The maximum Gasteiger partial charge on any atom is 0.335 e. The van der Waals surface area contributed by atoms with Crippen molar-refractivity contribution in [3.8, 4) is 0 Å². The molecule has 172 valence electrons. The minimum atomic E-state index is -4.01. The lowest BCUT2D eigenvalue weighted by Crippen LogP contribution is -2.40. The summed E-state index contributed by atoms with van der Waals surface area (Å²) in [5, 5.41) is 9.42. The third kappa shape index (κ3) is 5.21. The zero-order valence-electron chi connectivity index (χ0n) is 17.8. The molecule has 0 bridgehead atoms. The standard InChI is InChI=1S/C23H28FN3O4S/c24-19-6-8-20(9-7-19)32(30,31)25-21-14-18(23(28)29)5-10-22(21)27-13-3-4-17(16-27)15-26-11-1-2-12-26/h5-10,14,17,25H,1-4,11-13,15-16H2,(H,28,29)/t17-/m0/s1. The van der Waals surface area contributed by atoms with Crippen molar-refractivity contribution < 1.29 is 22.7 Å². The summed E-state index contributed by atoms with van der Waals surface area (Å²) in [6.45, 7) is 4.85. The van der Waals surface area contributed by atoms with Gasteiger partial charge in [0.2, 0.25) is 0 Å². The summed E-state index contributed by atoms with van der Waals surface area (Å²) in [6.07, 6.45) is 4.59. The van der Waals surface area contributed by atoms with Crippen molar-refractivity contribution in [2.24, 2.45) is 5.92 Å². The molecule has 2 aliphatic heterocycles. The molecule has 0 aromatic heterocycles. The number of halogens is 1. The van der Waals surface area contributed by atoms with Crippen molar-refractivity contribution in [2.75, 3.05) is 42.3 Å². The number of carboxylic acids is 1. The Kier molecular flexibility index (Phi) is 6.66. The van der Waals surface area contributed by atoms with Crippen LogP contribution in [0.1, 0.15) is 36.0 Å². The minimum absolute atomic E-state index is 0.00353. The second kappa shape index (κ2) is 9.46. The Morgan fingerprint density at radius 3 is 2.47 bits per heavy atom. The van der Waals surface area contributed by atoms with Gasteiger partial charge in [0.1, 0.15) is 5.82 Å². The van der Waals surface area contributed by atoms with Crippen molar-refractivity contribution in [1.82, 2.24) is 4.90 Å². The van der Waals surface area contributed by atoms with Crippen LogP contribution in [0.5, 0.6) is 0 Å². The van der Waals surface area contributed by atoms with E-state index in [0.29, 0.717) is 11.6 Å². The Labute approximate surface area is 187 Å². The molecule has 0 saturated carbocycles. The second-order valence-corrected chi connectivity index (χ2v) is 10.2. The van der Waals surface area contributed by atoms with Gasteiger partial charge in [-0.1, -0.05) is 0 Å². The Hall–Kier alpha value is -2.65. The maximum absolute atomic E-state index is 13.2. The maximum atomic E-state index is 13.2. The van der Waals surface area contributed by atoms with Crippen LogP contribution in [0.25, 0.3) is 0 Å². The van der Waals surface area contributed by atoms with E-state index in [1.807, 2.05) is 0 Å². The molecule has 9 heteroatoms. The molecular formula is C23H28FN3O4S. The molecule has 2 fully saturated rings. The first kappa shape index (κ1) is 22.5. The molecule has 0 aliphatic carbocycles. The number of hydrogen-bond acceptors (Lipinski definition) is 5. The number of benzene rings is 2. The molecule has 2 saturated heterocycles. The average Bonchev–Trinajstić information content (AvgIpc) is 3.27. The summed E-state index contributed by atoms with van der Waals surface area (Å²) in [5.74, 6) is -1.19. The number of rotatable bonds is 7. The van der Waals surface area contributed by atoms with E-state index in [2.05, 4.69) is 14.5 Å². The molecule has 0 spiro atoms. The van der Waals surface area contributed by atoms with Crippen molar-refractivity contribution in [3.05, 3.63) is 53.8 Å². The van der Waals surface area contributed by atoms with Gasteiger partial charge in [-0.3, -0.25) is 4.72 Å². The number of carbonyl (C=O) groups is 1. The molecule has 0 unspecified atom stereocenters. The predicted octanol–water partition coefficient (Wildman–Crippen LogP) is 3.64. The first-order valence-electron chi connectivity index (χ1n) is 10.9. The van der Waals surface area contributed by atoms with Gasteiger partial charge < -0.3 is 14.9 Å². The topological polar surface area (TPSA) is 89.9 Å². The van der Waals surface area contributed by atoms with Crippen LogP contribution in [0.15, 0.2) is 47.4 Å². The van der Waals surface area contributed by atoms with Gasteiger partial charge in [-0.25, -0.2) is 17.6 Å². The molecule has 32 heavy (non-hydrogen) atoms. The lowest BCUT2D eigenvalue weighted by atomic mass is 9.96. The van der Waals surface area contributed by atoms with E-state index in [9.17, 15) is 22.7 Å². The summed E-state index contributed by atoms with van der Waals surface area (Å²) < 4.78 is 41.6. The molecule has 1 atom stereocenters. The fourth-order valence-corrected chi connectivity index (χ4v) is 5.67. The first-order chi connectivity index (χ1) is 15.3. The van der Waals surface area contributed by atoms with E-state index in [0.717, 1.165) is 57.7 Å². The van der Waals surface area contributed by atoms with Crippen LogP contribution in [0.3, 0.4) is 0 Å². The predicted molar refractivity (Wildman–Crippen MR) is 121 cm³/mol. The van der Waals surface area contributed by atoms with E-state index >= 15 is 0 Å². The smallest absolute Gasteiger partial charge is 0.335 e. The first-order valence-corrected chi connectivity index (χ1v) is 12.4. The number of nitrogens with zero attached hydrogens (tertiary/aromatic N) is 2. The summed E-state index contributed by atoms with van der Waals surface area (Å²) in [6, 6.07) is 9.05. The van der Waals surface area contributed by atoms with Crippen LogP contribution >= 0.6 is 0 Å². The van der Waals surface area contributed by atoms with Gasteiger partial charge >= 0.3 is 5.97 Å². The van der Waals surface area contributed by atoms with Crippen molar-refractivity contribution in [2.45, 2.75) is 30.6 Å². The number of carboxylic acid groups (broad SMARTS) is 1. The number of sulfonamides is 1. The number of aromatic carboxylic acids is 1. The van der Waals surface area contributed by atoms with Crippen molar-refractivity contribution >= 4 is 27.4 Å². The molecule has 2 aliphatic rings. The minimum Gasteiger partial charge on any atom is -0.478 e. The van der Waals surface area contributed by atoms with Crippen LogP contribution in [0.4, 0.5) is 15.8 Å². The van der Waals surface area contributed by atoms with Crippen molar-refractivity contribution in [3.63, 3.8) is 0 Å². The normalized spacial score (nSPS) is 19.8. The van der Waals surface area contributed by atoms with Gasteiger partial charge in [-0.2, -0.15) is 0 Å². The highest BCUT2D eigenvalue weighted by atomic mass is 32.2. The summed E-state index contributed by atoms with van der Waals surface area (Å²) in [4.78, 5) is 16.1. The monoisotopic (exact) mass is 461 g/mol. The molecular weight excluding hydrogens is 433 g/mol. The highest BCUT2D eigenvalue weighted by Gasteiger charge is 2.26. The molecule has 4 rings (SSSR count). The summed E-state index contributed by atoms with van der Waals surface area (Å²) >= 11 is 0. The van der Waals surface area contributed by atoms with Crippen LogP contribution in [0.2, 0.25) is 0 Å². The number of nitrogens with one attached hydrogen (secondary N) is 1. The zero-order chi connectivity index (χ0) is 22.7. The third-order valence-corrected chi connectivity index (χ3v) is 7.57. The van der Waals surface area contributed by atoms with Gasteiger partial charge in [0.05, 0.1) is 21.8 Å². The zero-order valence-corrected chi connectivity index (χ0v) is 18.7. The Morgan fingerprint density at radius 1 is 1.06 bits per heavy atom. The van der Waals surface area contributed by atoms with Gasteiger partial charge in [0.15, 0.2) is 0 Å². The Balaban J connectivity index is 1.60. The van der Waals surface area contributed by atoms with Crippen LogP contribution in [0, 0.1) is 11.7 Å². The molecule has 2 heterocycles. The lowest BCUT2D eigenvalue weighted by Gasteiger charge is -2.37. The summed E-state index contributed by atoms with van der Waals surface area (Å²) in [7, 11) is -4.01. The second-order valence-electron chi connectivity index (χ2n) is 8.56. The van der Waals surface area contributed by atoms with Gasteiger partial charge in [-0.05, 0) is 87.2 Å². The van der Waals surface area contributed by atoms with E-state index in [4.69, 9.17) is 0 Å². The largest absolute Gasteiger partial charge is 0.478 e. The number of likely N-dealkylation sites (tertiary alicyclic amines) is 1. The molecule has 0 amide bonds. The van der Waals surface area contributed by atoms with E-state index in [1.54, 1.807) is 6.07 Å². The highest BCUT2D eigenvalue weighted by Crippen LogP contribution is 2.33. The molecule has 7 nitrogen and oxygen atoms in total. The highest BCUT2D eigenvalue weighted by molar-refractivity contribution is 7.92. The van der Waals surface area contributed by atoms with E-state index in [1.165, 1.54) is 37.1 Å². The Morgan fingerprint density at radius 2 is 1.78 bits per heavy atom. The van der Waals surface area contributed by atoms with E-state index in [-0.39, 0.29) is 16.1 Å². The van der Waals surface area contributed by atoms with Gasteiger partial charge in [0.25, 0.3) is 10.0 Å². The average molecular weight is 462 g/mol. The number of piperidine rings is 1. The SMILES string of the molecule is O=C(O)c1ccc(N2CCC[C@@H](CN3CCCC3)C2)c(NS(=O)(=O)c2ccc(F)cc2)c1. The Bertz CT molecular complexity index is 1070. The fraction of sp³-hybridized carbons (Fsp3) is 0.435. The molecule has 2 aromatic rings. The van der Waals surface area contributed by atoms with Gasteiger partial charge in [-0.15, -0.1) is 0 Å². The fourth-order valence-electron chi connectivity index (χ4n) is 4.61. The van der Waals surface area contributed by atoms with Crippen LogP contribution in [-0.2, 0) is 10.0 Å². The van der Waals surface area contributed by atoms with Crippen LogP contribution < -0.4 is 9.62 Å². The third-order valence-electron chi connectivity index (χ3n) is 6.19. The van der Waals surface area contributed by atoms with Crippen LogP contribution in [-0.4, -0.2) is 57.1 Å². The summed E-state index contributed by atoms with van der Waals surface area (Å²) in [5.41, 5.74) is 0.874. The lowest BCUT2D eigenvalue weighted by molar-refractivity contribution is 0.0697. The van der Waals surface area contributed by atoms with Crippen molar-refractivity contribution in [1.29, 1.82) is 0 Å². The van der Waals surface area contributed by atoms with E-state index < -0.39 is 21.8 Å². The molecule has 2 N–H and O–H groups in total. The number of anilines is 2. The number of hydrogen-bond donors (Lipinski definition) is 2. The molecule has 0 radical (unpaired) electrons. The molecule has 2 aromatic carbocycles. The quantitative estimate of drug-likeness (QED) is 0.654. The van der Waals surface area contributed by atoms with Gasteiger partial charge in [0, 0.05) is 19.6 Å².